The molecular formula is C10H7Cl3O3. The summed E-state index contributed by atoms with van der Waals surface area (Å²) < 4.78 is 5.34. The van der Waals surface area contributed by atoms with Crippen molar-refractivity contribution in [3.05, 3.63) is 26.7 Å². The van der Waals surface area contributed by atoms with Gasteiger partial charge in [0, 0.05) is 11.5 Å². The van der Waals surface area contributed by atoms with Crippen LogP contribution in [0.1, 0.15) is 17.9 Å². The monoisotopic (exact) mass is 280 g/mol. The summed E-state index contributed by atoms with van der Waals surface area (Å²) in [5, 5.41) is 9.76. The number of rotatable bonds is 2. The number of hydrogen-bond donors (Lipinski definition) is 1. The van der Waals surface area contributed by atoms with E-state index < -0.39 is 5.97 Å². The van der Waals surface area contributed by atoms with E-state index in [-0.39, 0.29) is 18.9 Å². The lowest BCUT2D eigenvalue weighted by molar-refractivity contribution is -0.137. The molecule has 1 aliphatic heterocycles. The van der Waals surface area contributed by atoms with Gasteiger partial charge in [0.05, 0.1) is 28.1 Å². The normalized spacial score (nSPS) is 18.1. The van der Waals surface area contributed by atoms with Crippen LogP contribution in [0.3, 0.4) is 0 Å². The third-order valence-corrected chi connectivity index (χ3v) is 3.50. The molecule has 16 heavy (non-hydrogen) atoms. The smallest absolute Gasteiger partial charge is 0.304 e. The van der Waals surface area contributed by atoms with Crippen molar-refractivity contribution in [3.63, 3.8) is 0 Å². The predicted octanol–water partition coefficient (Wildman–Crippen LogP) is 3.60. The van der Waals surface area contributed by atoms with Gasteiger partial charge >= 0.3 is 5.97 Å². The SMILES string of the molecule is O=C(O)CC1COc2c(Cl)cc(Cl)c(Cl)c21. The van der Waals surface area contributed by atoms with Gasteiger partial charge in [-0.3, -0.25) is 4.79 Å². The number of aliphatic carboxylic acids is 1. The van der Waals surface area contributed by atoms with Gasteiger partial charge in [0.1, 0.15) is 5.75 Å². The Morgan fingerprint density at radius 1 is 1.44 bits per heavy atom. The Kier molecular flexibility index (Phi) is 3.19. The fraction of sp³-hybridized carbons (Fsp3) is 0.300. The number of carboxylic acids is 1. The van der Waals surface area contributed by atoms with E-state index in [0.29, 0.717) is 26.4 Å². The first kappa shape index (κ1) is 11.8. The van der Waals surface area contributed by atoms with Gasteiger partial charge in [0.15, 0.2) is 0 Å². The van der Waals surface area contributed by atoms with Crippen LogP contribution in [0.4, 0.5) is 0 Å². The van der Waals surface area contributed by atoms with Gasteiger partial charge in [0.2, 0.25) is 0 Å². The zero-order chi connectivity index (χ0) is 11.9. The zero-order valence-corrected chi connectivity index (χ0v) is 10.2. The van der Waals surface area contributed by atoms with Crippen LogP contribution in [0.2, 0.25) is 15.1 Å². The fourth-order valence-electron chi connectivity index (χ4n) is 1.75. The maximum atomic E-state index is 10.7. The first-order chi connectivity index (χ1) is 7.50. The second kappa shape index (κ2) is 4.32. The molecule has 0 amide bonds. The number of fused-ring (bicyclic) bond motifs is 1. The Labute approximate surface area is 107 Å². The van der Waals surface area contributed by atoms with Crippen molar-refractivity contribution in [1.29, 1.82) is 0 Å². The minimum atomic E-state index is -0.909. The van der Waals surface area contributed by atoms with Gasteiger partial charge in [0.25, 0.3) is 0 Å². The van der Waals surface area contributed by atoms with Crippen molar-refractivity contribution in [2.24, 2.45) is 0 Å². The van der Waals surface area contributed by atoms with Crippen LogP contribution < -0.4 is 4.74 Å². The lowest BCUT2D eigenvalue weighted by Crippen LogP contribution is -2.07. The molecule has 6 heteroatoms. The number of benzene rings is 1. The minimum absolute atomic E-state index is 0.0522. The molecule has 3 nitrogen and oxygen atoms in total. The number of carboxylic acid groups (broad SMARTS) is 1. The second-order valence-electron chi connectivity index (χ2n) is 3.50. The summed E-state index contributed by atoms with van der Waals surface area (Å²) in [5.41, 5.74) is 0.599. The average Bonchev–Trinajstić information content (AvgIpc) is 2.58. The third kappa shape index (κ3) is 1.95. The highest BCUT2D eigenvalue weighted by Crippen LogP contribution is 2.47. The summed E-state index contributed by atoms with van der Waals surface area (Å²) >= 11 is 17.8. The first-order valence-electron chi connectivity index (χ1n) is 4.52. The van der Waals surface area contributed by atoms with Gasteiger partial charge in [-0.15, -0.1) is 0 Å². The molecule has 2 rings (SSSR count). The lowest BCUT2D eigenvalue weighted by Gasteiger charge is -2.09. The van der Waals surface area contributed by atoms with E-state index >= 15 is 0 Å². The molecule has 0 spiro atoms. The van der Waals surface area contributed by atoms with Crippen molar-refractivity contribution in [1.82, 2.24) is 0 Å². The molecule has 0 saturated heterocycles. The number of hydrogen-bond acceptors (Lipinski definition) is 2. The van der Waals surface area contributed by atoms with Crippen molar-refractivity contribution in [2.45, 2.75) is 12.3 Å². The van der Waals surface area contributed by atoms with Crippen molar-refractivity contribution in [2.75, 3.05) is 6.61 Å². The Morgan fingerprint density at radius 3 is 2.75 bits per heavy atom. The first-order valence-corrected chi connectivity index (χ1v) is 5.66. The molecule has 0 aliphatic carbocycles. The molecule has 1 heterocycles. The molecule has 1 atom stereocenters. The molecule has 0 saturated carbocycles. The van der Waals surface area contributed by atoms with Gasteiger partial charge in [-0.2, -0.15) is 0 Å². The average molecular weight is 282 g/mol. The van der Waals surface area contributed by atoms with E-state index in [1.54, 1.807) is 0 Å². The van der Waals surface area contributed by atoms with Crippen LogP contribution in [-0.2, 0) is 4.79 Å². The Bertz CT molecular complexity index is 459. The lowest BCUT2D eigenvalue weighted by atomic mass is 9.98. The van der Waals surface area contributed by atoms with Crippen LogP contribution in [0, 0.1) is 0 Å². The predicted molar refractivity (Wildman–Crippen MR) is 62.0 cm³/mol. The Hall–Kier alpha value is -0.640. The molecule has 0 bridgehead atoms. The van der Waals surface area contributed by atoms with Crippen molar-refractivity contribution >= 4 is 40.8 Å². The molecule has 1 N–H and O–H groups in total. The molecule has 86 valence electrons. The quantitative estimate of drug-likeness (QED) is 0.843. The van der Waals surface area contributed by atoms with Gasteiger partial charge in [-0.25, -0.2) is 0 Å². The standard InChI is InChI=1S/C10H7Cl3O3/c11-5-2-6(12)10-8(9(5)13)4(3-16-10)1-7(14)15/h2,4H,1,3H2,(H,14,15). The Morgan fingerprint density at radius 2 is 2.12 bits per heavy atom. The second-order valence-corrected chi connectivity index (χ2v) is 4.70. The highest BCUT2D eigenvalue weighted by atomic mass is 35.5. The van der Waals surface area contributed by atoms with Crippen LogP contribution in [0.5, 0.6) is 5.75 Å². The highest BCUT2D eigenvalue weighted by Gasteiger charge is 2.31. The van der Waals surface area contributed by atoms with E-state index in [9.17, 15) is 4.79 Å². The molecule has 0 aromatic heterocycles. The zero-order valence-electron chi connectivity index (χ0n) is 7.97. The fourth-order valence-corrected chi connectivity index (χ4v) is 2.57. The van der Waals surface area contributed by atoms with E-state index in [4.69, 9.17) is 44.6 Å². The van der Waals surface area contributed by atoms with E-state index in [1.807, 2.05) is 0 Å². The van der Waals surface area contributed by atoms with Crippen molar-refractivity contribution in [3.8, 4) is 5.75 Å². The van der Waals surface area contributed by atoms with E-state index in [0.717, 1.165) is 0 Å². The molecule has 1 unspecified atom stereocenters. The van der Waals surface area contributed by atoms with Crippen molar-refractivity contribution < 1.29 is 14.6 Å². The molecule has 0 fully saturated rings. The van der Waals surface area contributed by atoms with Crippen LogP contribution in [0.15, 0.2) is 6.07 Å². The maximum absolute atomic E-state index is 10.7. The Balaban J connectivity index is 2.48. The topological polar surface area (TPSA) is 46.5 Å². The van der Waals surface area contributed by atoms with Gasteiger partial charge in [-0.1, -0.05) is 34.8 Å². The van der Waals surface area contributed by atoms with Gasteiger partial charge in [-0.05, 0) is 6.07 Å². The summed E-state index contributed by atoms with van der Waals surface area (Å²) in [4.78, 5) is 10.7. The molecule has 1 aromatic carbocycles. The summed E-state index contributed by atoms with van der Waals surface area (Å²) in [6.45, 7) is 0.265. The molecule has 1 aliphatic rings. The van der Waals surface area contributed by atoms with E-state index in [1.165, 1.54) is 6.07 Å². The number of halogens is 3. The summed E-state index contributed by atoms with van der Waals surface area (Å²) in [5.74, 6) is -0.757. The number of ether oxygens (including phenoxy) is 1. The van der Waals surface area contributed by atoms with Crippen LogP contribution in [-0.4, -0.2) is 17.7 Å². The minimum Gasteiger partial charge on any atom is -0.491 e. The highest BCUT2D eigenvalue weighted by molar-refractivity contribution is 6.44. The molecule has 0 radical (unpaired) electrons. The third-order valence-electron chi connectivity index (χ3n) is 2.42. The van der Waals surface area contributed by atoms with E-state index in [2.05, 4.69) is 0 Å². The number of carbonyl (C=O) groups is 1. The summed E-state index contributed by atoms with van der Waals surface area (Å²) in [7, 11) is 0. The summed E-state index contributed by atoms with van der Waals surface area (Å²) in [6.07, 6.45) is -0.0522. The summed E-state index contributed by atoms with van der Waals surface area (Å²) in [6, 6.07) is 1.49. The largest absolute Gasteiger partial charge is 0.491 e. The van der Waals surface area contributed by atoms with Gasteiger partial charge < -0.3 is 9.84 Å². The van der Waals surface area contributed by atoms with Crippen LogP contribution >= 0.6 is 34.8 Å². The van der Waals surface area contributed by atoms with Crippen LogP contribution in [0.25, 0.3) is 0 Å². The molecule has 1 aromatic rings. The molecular weight excluding hydrogens is 274 g/mol. The maximum Gasteiger partial charge on any atom is 0.304 e.